The van der Waals surface area contributed by atoms with Crippen molar-refractivity contribution in [1.29, 1.82) is 0 Å². The van der Waals surface area contributed by atoms with E-state index in [1.807, 2.05) is 0 Å². The predicted molar refractivity (Wildman–Crippen MR) is 77.8 cm³/mol. The molecule has 0 bridgehead atoms. The number of nitrogens with zero attached hydrogens (tertiary/aromatic N) is 1. The van der Waals surface area contributed by atoms with E-state index in [1.54, 1.807) is 25.3 Å². The first kappa shape index (κ1) is 14.6. The molecule has 1 heterocycles. The van der Waals surface area contributed by atoms with Crippen LogP contribution in [0, 0.1) is 0 Å². The van der Waals surface area contributed by atoms with Crippen LogP contribution in [0.2, 0.25) is 0 Å². The molecule has 1 aromatic rings. The standard InChI is InChI=1S/C16H21NO3/c1-3-12-10-11-17-15(14(12)16(18)19-4-2)20-13-8-6-5-7-9-13/h3,10-11,13H,1,4-9H2,2H3. The molecule has 1 aliphatic carbocycles. The minimum Gasteiger partial charge on any atom is -0.474 e. The second-order valence-electron chi connectivity index (χ2n) is 4.88. The van der Waals surface area contributed by atoms with Crippen LogP contribution in [0.5, 0.6) is 5.88 Å². The number of hydrogen-bond acceptors (Lipinski definition) is 4. The molecule has 1 aromatic heterocycles. The Balaban J connectivity index is 2.26. The first-order chi connectivity index (χ1) is 9.76. The molecule has 0 amide bonds. The lowest BCUT2D eigenvalue weighted by Gasteiger charge is -2.23. The van der Waals surface area contributed by atoms with E-state index in [-0.39, 0.29) is 6.10 Å². The highest BCUT2D eigenvalue weighted by Gasteiger charge is 2.22. The third kappa shape index (κ3) is 3.38. The molecule has 4 heteroatoms. The van der Waals surface area contributed by atoms with Crippen molar-refractivity contribution in [2.45, 2.75) is 45.1 Å². The molecule has 0 spiro atoms. The third-order valence-corrected chi connectivity index (χ3v) is 3.48. The lowest BCUT2D eigenvalue weighted by atomic mass is 9.98. The summed E-state index contributed by atoms with van der Waals surface area (Å²) in [6, 6.07) is 1.74. The molecular weight excluding hydrogens is 254 g/mol. The van der Waals surface area contributed by atoms with E-state index in [4.69, 9.17) is 9.47 Å². The summed E-state index contributed by atoms with van der Waals surface area (Å²) in [5.41, 5.74) is 1.08. The Morgan fingerprint density at radius 1 is 1.45 bits per heavy atom. The van der Waals surface area contributed by atoms with E-state index in [0.717, 1.165) is 12.8 Å². The Labute approximate surface area is 119 Å². The molecule has 108 valence electrons. The van der Waals surface area contributed by atoms with Gasteiger partial charge in [0, 0.05) is 6.20 Å². The van der Waals surface area contributed by atoms with Crippen LogP contribution in [0.1, 0.15) is 54.9 Å². The Bertz CT molecular complexity index is 479. The van der Waals surface area contributed by atoms with E-state index in [2.05, 4.69) is 11.6 Å². The second-order valence-corrected chi connectivity index (χ2v) is 4.88. The summed E-state index contributed by atoms with van der Waals surface area (Å²) in [4.78, 5) is 16.3. The SMILES string of the molecule is C=Cc1ccnc(OC2CCCCC2)c1C(=O)OCC. The fourth-order valence-electron chi connectivity index (χ4n) is 2.47. The Morgan fingerprint density at radius 2 is 2.20 bits per heavy atom. The minimum absolute atomic E-state index is 0.143. The van der Waals surface area contributed by atoms with Gasteiger partial charge in [0.25, 0.3) is 0 Å². The van der Waals surface area contributed by atoms with Crippen molar-refractivity contribution in [1.82, 2.24) is 4.98 Å². The predicted octanol–water partition coefficient (Wildman–Crippen LogP) is 3.61. The van der Waals surface area contributed by atoms with Gasteiger partial charge in [-0.3, -0.25) is 0 Å². The highest BCUT2D eigenvalue weighted by atomic mass is 16.5. The van der Waals surface area contributed by atoms with Gasteiger partial charge in [-0.05, 0) is 44.2 Å². The van der Waals surface area contributed by atoms with Crippen molar-refractivity contribution >= 4 is 12.0 Å². The summed E-state index contributed by atoms with van der Waals surface area (Å²) in [5.74, 6) is -0.0333. The number of esters is 1. The van der Waals surface area contributed by atoms with Gasteiger partial charge in [-0.15, -0.1) is 0 Å². The average Bonchev–Trinajstić information content (AvgIpc) is 2.48. The molecular formula is C16H21NO3. The Kier molecular flexibility index (Phi) is 5.16. The van der Waals surface area contributed by atoms with E-state index in [1.165, 1.54) is 19.3 Å². The molecule has 1 aliphatic rings. The summed E-state index contributed by atoms with van der Waals surface area (Å²) in [6.45, 7) is 5.84. The van der Waals surface area contributed by atoms with Gasteiger partial charge in [-0.25, -0.2) is 9.78 Å². The second kappa shape index (κ2) is 7.08. The maximum absolute atomic E-state index is 12.1. The van der Waals surface area contributed by atoms with Crippen LogP contribution >= 0.6 is 0 Å². The van der Waals surface area contributed by atoms with Gasteiger partial charge < -0.3 is 9.47 Å². The molecule has 1 fully saturated rings. The van der Waals surface area contributed by atoms with Crippen molar-refractivity contribution in [3.63, 3.8) is 0 Å². The molecule has 0 saturated heterocycles. The van der Waals surface area contributed by atoms with Crippen LogP contribution in [0.4, 0.5) is 0 Å². The topological polar surface area (TPSA) is 48.4 Å². The monoisotopic (exact) mass is 275 g/mol. The van der Waals surface area contributed by atoms with Gasteiger partial charge in [0.05, 0.1) is 6.61 Å². The van der Waals surface area contributed by atoms with E-state index in [0.29, 0.717) is 23.6 Å². The summed E-state index contributed by atoms with van der Waals surface area (Å²) in [7, 11) is 0. The first-order valence-corrected chi connectivity index (χ1v) is 7.21. The fraction of sp³-hybridized carbons (Fsp3) is 0.500. The molecule has 0 unspecified atom stereocenters. The van der Waals surface area contributed by atoms with Crippen molar-refractivity contribution in [3.8, 4) is 5.88 Å². The molecule has 4 nitrogen and oxygen atoms in total. The number of hydrogen-bond donors (Lipinski definition) is 0. The van der Waals surface area contributed by atoms with E-state index >= 15 is 0 Å². The van der Waals surface area contributed by atoms with Gasteiger partial charge in [-0.1, -0.05) is 19.1 Å². The van der Waals surface area contributed by atoms with Crippen LogP contribution in [0.3, 0.4) is 0 Å². The highest BCUT2D eigenvalue weighted by Crippen LogP contribution is 2.27. The zero-order valence-corrected chi connectivity index (χ0v) is 11.9. The molecule has 0 N–H and O–H groups in total. The molecule has 0 aliphatic heterocycles. The molecule has 1 saturated carbocycles. The van der Waals surface area contributed by atoms with E-state index < -0.39 is 5.97 Å². The maximum atomic E-state index is 12.1. The minimum atomic E-state index is -0.402. The van der Waals surface area contributed by atoms with Crippen LogP contribution in [-0.4, -0.2) is 23.7 Å². The molecule has 20 heavy (non-hydrogen) atoms. The van der Waals surface area contributed by atoms with Gasteiger partial charge in [0.1, 0.15) is 11.7 Å². The first-order valence-electron chi connectivity index (χ1n) is 7.21. The quantitative estimate of drug-likeness (QED) is 0.770. The van der Waals surface area contributed by atoms with Crippen LogP contribution < -0.4 is 4.74 Å². The maximum Gasteiger partial charge on any atom is 0.344 e. The molecule has 0 atom stereocenters. The van der Waals surface area contributed by atoms with E-state index in [9.17, 15) is 4.79 Å². The average molecular weight is 275 g/mol. The number of ether oxygens (including phenoxy) is 2. The third-order valence-electron chi connectivity index (χ3n) is 3.48. The summed E-state index contributed by atoms with van der Waals surface area (Å²) in [5, 5.41) is 0. The molecule has 0 aromatic carbocycles. The van der Waals surface area contributed by atoms with Gasteiger partial charge in [0.2, 0.25) is 5.88 Å². The molecule has 0 radical (unpaired) electrons. The normalized spacial score (nSPS) is 15.7. The van der Waals surface area contributed by atoms with Crippen molar-refractivity contribution in [2.24, 2.45) is 0 Å². The Morgan fingerprint density at radius 3 is 2.85 bits per heavy atom. The van der Waals surface area contributed by atoms with Crippen LogP contribution in [0.25, 0.3) is 6.08 Å². The number of carbonyl (C=O) groups is 1. The largest absolute Gasteiger partial charge is 0.474 e. The van der Waals surface area contributed by atoms with Crippen LogP contribution in [-0.2, 0) is 4.74 Å². The zero-order valence-electron chi connectivity index (χ0n) is 11.9. The number of pyridine rings is 1. The van der Waals surface area contributed by atoms with Gasteiger partial charge >= 0.3 is 5.97 Å². The molecule has 2 rings (SSSR count). The number of carbonyl (C=O) groups excluding carboxylic acids is 1. The van der Waals surface area contributed by atoms with Crippen molar-refractivity contribution in [2.75, 3.05) is 6.61 Å². The Hall–Kier alpha value is -1.84. The number of rotatable bonds is 5. The van der Waals surface area contributed by atoms with Crippen molar-refractivity contribution < 1.29 is 14.3 Å². The fourth-order valence-corrected chi connectivity index (χ4v) is 2.47. The lowest BCUT2D eigenvalue weighted by Crippen LogP contribution is -2.22. The van der Waals surface area contributed by atoms with Crippen LogP contribution in [0.15, 0.2) is 18.8 Å². The lowest BCUT2D eigenvalue weighted by molar-refractivity contribution is 0.0514. The summed E-state index contributed by atoms with van der Waals surface area (Å²) in [6.07, 6.45) is 9.03. The zero-order chi connectivity index (χ0) is 14.4. The highest BCUT2D eigenvalue weighted by molar-refractivity contribution is 5.95. The summed E-state index contributed by atoms with van der Waals surface area (Å²) < 4.78 is 11.0. The van der Waals surface area contributed by atoms with Crippen molar-refractivity contribution in [3.05, 3.63) is 30.0 Å². The van der Waals surface area contributed by atoms with Gasteiger partial charge in [-0.2, -0.15) is 0 Å². The summed E-state index contributed by atoms with van der Waals surface area (Å²) >= 11 is 0. The smallest absolute Gasteiger partial charge is 0.344 e. The number of aromatic nitrogens is 1. The van der Waals surface area contributed by atoms with Gasteiger partial charge in [0.15, 0.2) is 0 Å².